The number of carbonyl (C=O) groups is 1. The van der Waals surface area contributed by atoms with Gasteiger partial charge in [-0.3, -0.25) is 0 Å². The average molecular weight is 400 g/mol. The summed E-state index contributed by atoms with van der Waals surface area (Å²) in [6.45, 7) is 6.87. The molecule has 0 bridgehead atoms. The van der Waals surface area contributed by atoms with E-state index in [1.807, 2.05) is 63.2 Å². The van der Waals surface area contributed by atoms with Gasteiger partial charge in [-0.2, -0.15) is 0 Å². The molecule has 2 rings (SSSR count). The van der Waals surface area contributed by atoms with Crippen molar-refractivity contribution in [2.45, 2.75) is 45.6 Å². The molecule has 0 aliphatic heterocycles. The molecular weight excluding hydrogens is 366 g/mol. The molecule has 2 aromatic carbocycles. The number of para-hydroxylation sites is 1. The Morgan fingerprint density at radius 3 is 2.28 bits per heavy atom. The average Bonchev–Trinajstić information content (AvgIpc) is 2.67. The highest BCUT2D eigenvalue weighted by Gasteiger charge is 2.22. The van der Waals surface area contributed by atoms with Crippen molar-refractivity contribution in [1.29, 1.82) is 0 Å². The fourth-order valence-electron chi connectivity index (χ4n) is 3.12. The van der Waals surface area contributed by atoms with Crippen LogP contribution in [0.1, 0.15) is 37.5 Å². The first-order chi connectivity index (χ1) is 13.8. The quantitative estimate of drug-likeness (QED) is 0.685. The number of amides is 1. The number of benzene rings is 2. The van der Waals surface area contributed by atoms with Crippen LogP contribution in [0.25, 0.3) is 0 Å². The van der Waals surface area contributed by atoms with Crippen LogP contribution in [0, 0.1) is 0 Å². The van der Waals surface area contributed by atoms with E-state index in [0.717, 1.165) is 28.9 Å². The predicted octanol–water partition coefficient (Wildman–Crippen LogP) is 4.25. The van der Waals surface area contributed by atoms with Gasteiger partial charge in [0.2, 0.25) is 0 Å². The number of hydrogen-bond donors (Lipinski definition) is 1. The maximum Gasteiger partial charge on any atom is 0.410 e. The topological polar surface area (TPSA) is 59.0 Å². The molecule has 29 heavy (non-hydrogen) atoms. The summed E-state index contributed by atoms with van der Waals surface area (Å²) in [7, 11) is 1.66. The molecule has 0 unspecified atom stereocenters. The normalized spacial score (nSPS) is 11.2. The zero-order chi connectivity index (χ0) is 21.3. The third-order valence-corrected chi connectivity index (χ3v) is 4.56. The standard InChI is InChI=1S/C24H33NO4/c1-24(2,3)29-23(27)25(16-13-21-10-5-6-11-22(21)28-4)15-12-19-8-7-9-20(18-19)14-17-26/h5-11,18,26H,12-17H2,1-4H3. The van der Waals surface area contributed by atoms with Gasteiger partial charge in [0, 0.05) is 19.7 Å². The van der Waals surface area contributed by atoms with Crippen LogP contribution < -0.4 is 4.74 Å². The zero-order valence-electron chi connectivity index (χ0n) is 18.0. The van der Waals surface area contributed by atoms with Crippen molar-refractivity contribution in [2.24, 2.45) is 0 Å². The van der Waals surface area contributed by atoms with Gasteiger partial charge >= 0.3 is 6.09 Å². The van der Waals surface area contributed by atoms with Gasteiger partial charge in [0.05, 0.1) is 7.11 Å². The van der Waals surface area contributed by atoms with Gasteiger partial charge in [-0.25, -0.2) is 4.79 Å². The summed E-state index contributed by atoms with van der Waals surface area (Å²) < 4.78 is 11.0. The van der Waals surface area contributed by atoms with Crippen molar-refractivity contribution >= 4 is 6.09 Å². The van der Waals surface area contributed by atoms with Crippen LogP contribution in [0.4, 0.5) is 4.79 Å². The maximum absolute atomic E-state index is 12.8. The van der Waals surface area contributed by atoms with Crippen molar-refractivity contribution in [3.8, 4) is 5.75 Å². The molecule has 0 heterocycles. The lowest BCUT2D eigenvalue weighted by atomic mass is 10.1. The molecule has 158 valence electrons. The fourth-order valence-corrected chi connectivity index (χ4v) is 3.12. The second kappa shape index (κ2) is 10.9. The molecule has 0 saturated heterocycles. The van der Waals surface area contributed by atoms with Gasteiger partial charge in [0.25, 0.3) is 0 Å². The van der Waals surface area contributed by atoms with Crippen LogP contribution in [-0.2, 0) is 24.0 Å². The zero-order valence-corrected chi connectivity index (χ0v) is 18.0. The third kappa shape index (κ3) is 7.78. The Balaban J connectivity index is 2.08. The Bertz CT molecular complexity index is 782. The second-order valence-corrected chi connectivity index (χ2v) is 8.07. The van der Waals surface area contributed by atoms with E-state index >= 15 is 0 Å². The number of methoxy groups -OCH3 is 1. The highest BCUT2D eigenvalue weighted by Crippen LogP contribution is 2.19. The van der Waals surface area contributed by atoms with E-state index in [1.54, 1.807) is 12.0 Å². The number of carbonyl (C=O) groups excluding carboxylic acids is 1. The molecule has 0 aromatic heterocycles. The molecule has 0 atom stereocenters. The SMILES string of the molecule is COc1ccccc1CCN(CCc1cccc(CCO)c1)C(=O)OC(C)(C)C. The summed E-state index contributed by atoms with van der Waals surface area (Å²) in [5.41, 5.74) is 2.76. The number of aliphatic hydroxyl groups is 1. The second-order valence-electron chi connectivity index (χ2n) is 8.07. The summed E-state index contributed by atoms with van der Waals surface area (Å²) >= 11 is 0. The van der Waals surface area contributed by atoms with Gasteiger partial charge in [0.1, 0.15) is 11.4 Å². The first-order valence-corrected chi connectivity index (χ1v) is 10.1. The molecule has 5 nitrogen and oxygen atoms in total. The minimum absolute atomic E-state index is 0.131. The van der Waals surface area contributed by atoms with E-state index < -0.39 is 5.60 Å². The summed E-state index contributed by atoms with van der Waals surface area (Å²) in [5.74, 6) is 0.827. The molecule has 0 fully saturated rings. The van der Waals surface area contributed by atoms with Crippen molar-refractivity contribution < 1.29 is 19.4 Å². The van der Waals surface area contributed by atoms with Crippen LogP contribution in [-0.4, -0.2) is 48.5 Å². The fraction of sp³-hybridized carbons (Fsp3) is 0.458. The van der Waals surface area contributed by atoms with Gasteiger partial charge < -0.3 is 19.5 Å². The van der Waals surface area contributed by atoms with Gasteiger partial charge in [-0.05, 0) is 62.8 Å². The van der Waals surface area contributed by atoms with Crippen LogP contribution in [0.3, 0.4) is 0 Å². The number of hydrogen-bond acceptors (Lipinski definition) is 4. The summed E-state index contributed by atoms with van der Waals surface area (Å²) in [6.07, 6.45) is 1.74. The summed E-state index contributed by atoms with van der Waals surface area (Å²) in [5, 5.41) is 9.15. The van der Waals surface area contributed by atoms with Crippen molar-refractivity contribution in [3.05, 3.63) is 65.2 Å². The minimum Gasteiger partial charge on any atom is -0.496 e. The van der Waals surface area contributed by atoms with Crippen LogP contribution >= 0.6 is 0 Å². The van der Waals surface area contributed by atoms with E-state index in [2.05, 4.69) is 6.07 Å². The monoisotopic (exact) mass is 399 g/mol. The lowest BCUT2D eigenvalue weighted by Gasteiger charge is -2.27. The minimum atomic E-state index is -0.541. The van der Waals surface area contributed by atoms with Gasteiger partial charge in [0.15, 0.2) is 0 Å². The van der Waals surface area contributed by atoms with E-state index in [9.17, 15) is 4.79 Å². The van der Waals surface area contributed by atoms with Crippen LogP contribution in [0.15, 0.2) is 48.5 Å². The molecule has 0 aliphatic rings. The largest absolute Gasteiger partial charge is 0.496 e. The van der Waals surface area contributed by atoms with Crippen molar-refractivity contribution in [3.63, 3.8) is 0 Å². The van der Waals surface area contributed by atoms with Crippen LogP contribution in [0.5, 0.6) is 5.75 Å². The number of rotatable bonds is 9. The lowest BCUT2D eigenvalue weighted by molar-refractivity contribution is 0.0254. The predicted molar refractivity (Wildman–Crippen MR) is 115 cm³/mol. The van der Waals surface area contributed by atoms with Crippen LogP contribution in [0.2, 0.25) is 0 Å². The first kappa shape index (κ1) is 22.8. The molecular formula is C24H33NO4. The molecule has 0 spiro atoms. The van der Waals surface area contributed by atoms with Crippen molar-refractivity contribution in [2.75, 3.05) is 26.8 Å². The Labute approximate surface area is 174 Å². The molecule has 0 radical (unpaired) electrons. The third-order valence-electron chi connectivity index (χ3n) is 4.56. The highest BCUT2D eigenvalue weighted by atomic mass is 16.6. The molecule has 0 aliphatic carbocycles. The van der Waals surface area contributed by atoms with Gasteiger partial charge in [-0.15, -0.1) is 0 Å². The van der Waals surface area contributed by atoms with Crippen molar-refractivity contribution in [1.82, 2.24) is 4.90 Å². The number of nitrogens with zero attached hydrogens (tertiary/aromatic N) is 1. The van der Waals surface area contributed by atoms with E-state index in [1.165, 1.54) is 0 Å². The Kier molecular flexibility index (Phi) is 8.52. The molecule has 1 amide bonds. The first-order valence-electron chi connectivity index (χ1n) is 10.1. The smallest absolute Gasteiger partial charge is 0.410 e. The van der Waals surface area contributed by atoms with E-state index in [4.69, 9.17) is 14.6 Å². The highest BCUT2D eigenvalue weighted by molar-refractivity contribution is 5.68. The summed E-state index contributed by atoms with van der Waals surface area (Å²) in [4.78, 5) is 14.5. The number of ether oxygens (including phenoxy) is 2. The molecule has 1 N–H and O–H groups in total. The molecule has 5 heteroatoms. The van der Waals surface area contributed by atoms with E-state index in [0.29, 0.717) is 25.9 Å². The lowest BCUT2D eigenvalue weighted by Crippen LogP contribution is -2.39. The molecule has 2 aromatic rings. The Morgan fingerprint density at radius 2 is 1.62 bits per heavy atom. The Hall–Kier alpha value is -2.53. The maximum atomic E-state index is 12.8. The molecule has 0 saturated carbocycles. The number of aliphatic hydroxyl groups excluding tert-OH is 1. The van der Waals surface area contributed by atoms with Gasteiger partial charge in [-0.1, -0.05) is 42.5 Å². The summed E-state index contributed by atoms with van der Waals surface area (Å²) in [6, 6.07) is 16.0. The Morgan fingerprint density at radius 1 is 0.966 bits per heavy atom. The van der Waals surface area contributed by atoms with E-state index in [-0.39, 0.29) is 12.7 Å².